The largest absolute Gasteiger partial charge is 0.419 e. The number of hydrogen-bond donors (Lipinski definition) is 2. The van der Waals surface area contributed by atoms with Crippen molar-refractivity contribution in [2.24, 2.45) is 5.73 Å². The molecule has 0 spiro atoms. The van der Waals surface area contributed by atoms with Crippen molar-refractivity contribution in [3.63, 3.8) is 0 Å². The molecule has 0 saturated carbocycles. The lowest BCUT2D eigenvalue weighted by atomic mass is 9.98. The van der Waals surface area contributed by atoms with Gasteiger partial charge in [0.25, 0.3) is 0 Å². The van der Waals surface area contributed by atoms with Crippen LogP contribution in [0.3, 0.4) is 0 Å². The molecule has 0 fully saturated rings. The van der Waals surface area contributed by atoms with Crippen LogP contribution in [-0.4, -0.2) is 18.3 Å². The molecule has 1 unspecified atom stereocenters. The fourth-order valence-electron chi connectivity index (χ4n) is 1.33. The number of benzene rings is 1. The Morgan fingerprint density at radius 2 is 1.94 bits per heavy atom. The Morgan fingerprint density at radius 3 is 2.31 bits per heavy atom. The minimum absolute atomic E-state index is 0.0430. The summed E-state index contributed by atoms with van der Waals surface area (Å²) in [5.41, 5.74) is 4.23. The van der Waals surface area contributed by atoms with Crippen molar-refractivity contribution in [3.05, 3.63) is 35.1 Å². The van der Waals surface area contributed by atoms with E-state index in [1.807, 2.05) is 0 Å². The van der Waals surface area contributed by atoms with Gasteiger partial charge in [0.2, 0.25) is 0 Å². The van der Waals surface area contributed by atoms with Gasteiger partial charge in [0, 0.05) is 12.5 Å². The summed E-state index contributed by atoms with van der Waals surface area (Å²) in [4.78, 5) is 0. The maximum atomic E-state index is 13.1. The number of rotatable bonds is 3. The SMILES string of the molecule is NCC(CO)c1ccc(C(F)(F)F)c(F)c1. The van der Waals surface area contributed by atoms with E-state index in [1.165, 1.54) is 0 Å². The van der Waals surface area contributed by atoms with Crippen LogP contribution in [0.2, 0.25) is 0 Å². The molecule has 0 heterocycles. The summed E-state index contributed by atoms with van der Waals surface area (Å²) < 4.78 is 49.8. The third-order valence-corrected chi connectivity index (χ3v) is 2.27. The van der Waals surface area contributed by atoms with Gasteiger partial charge in [-0.05, 0) is 17.7 Å². The van der Waals surface area contributed by atoms with Gasteiger partial charge in [-0.1, -0.05) is 6.07 Å². The molecule has 0 aliphatic carbocycles. The number of hydrogen-bond acceptors (Lipinski definition) is 2. The Labute approximate surface area is 89.7 Å². The van der Waals surface area contributed by atoms with E-state index in [2.05, 4.69) is 0 Å². The molecule has 1 aromatic carbocycles. The summed E-state index contributed by atoms with van der Waals surface area (Å²) in [6.45, 7) is -0.289. The van der Waals surface area contributed by atoms with Crippen LogP contribution >= 0.6 is 0 Å². The van der Waals surface area contributed by atoms with Crippen molar-refractivity contribution in [2.45, 2.75) is 12.1 Å². The number of nitrogens with two attached hydrogens (primary N) is 1. The zero-order chi connectivity index (χ0) is 12.3. The summed E-state index contributed by atoms with van der Waals surface area (Å²) in [6, 6.07) is 2.54. The van der Waals surface area contributed by atoms with E-state index in [0.29, 0.717) is 6.07 Å². The van der Waals surface area contributed by atoms with Crippen molar-refractivity contribution >= 4 is 0 Å². The summed E-state index contributed by atoms with van der Waals surface area (Å²) in [5, 5.41) is 8.87. The van der Waals surface area contributed by atoms with Gasteiger partial charge in [0.15, 0.2) is 0 Å². The molecule has 1 aromatic rings. The molecule has 0 bridgehead atoms. The first-order chi connectivity index (χ1) is 7.40. The second-order valence-electron chi connectivity index (χ2n) is 3.35. The smallest absolute Gasteiger partial charge is 0.396 e. The highest BCUT2D eigenvalue weighted by Crippen LogP contribution is 2.32. The Bertz CT molecular complexity index is 360. The number of aliphatic hydroxyl groups is 1. The van der Waals surface area contributed by atoms with E-state index >= 15 is 0 Å². The van der Waals surface area contributed by atoms with Gasteiger partial charge in [-0.15, -0.1) is 0 Å². The molecule has 0 aromatic heterocycles. The molecule has 90 valence electrons. The highest BCUT2D eigenvalue weighted by molar-refractivity contribution is 5.29. The molecule has 0 amide bonds. The molecule has 2 nitrogen and oxygen atoms in total. The monoisotopic (exact) mass is 237 g/mol. The van der Waals surface area contributed by atoms with E-state index in [0.717, 1.165) is 12.1 Å². The Morgan fingerprint density at radius 1 is 1.31 bits per heavy atom. The standard InChI is InChI=1S/C10H11F4NO/c11-9-3-6(7(4-15)5-16)1-2-8(9)10(12,13)14/h1-3,7,16H,4-5,15H2. The average Bonchev–Trinajstić information content (AvgIpc) is 2.17. The topological polar surface area (TPSA) is 46.2 Å². The Balaban J connectivity index is 3.08. The van der Waals surface area contributed by atoms with E-state index < -0.39 is 23.5 Å². The second-order valence-corrected chi connectivity index (χ2v) is 3.35. The van der Waals surface area contributed by atoms with Gasteiger partial charge in [-0.2, -0.15) is 13.2 Å². The number of aliphatic hydroxyl groups excluding tert-OH is 1. The summed E-state index contributed by atoms with van der Waals surface area (Å²) in [7, 11) is 0. The van der Waals surface area contributed by atoms with Gasteiger partial charge < -0.3 is 10.8 Å². The van der Waals surface area contributed by atoms with Crippen LogP contribution in [0.1, 0.15) is 17.0 Å². The molecular formula is C10H11F4NO. The molecule has 3 N–H and O–H groups in total. The van der Waals surface area contributed by atoms with Crippen LogP contribution in [-0.2, 0) is 6.18 Å². The first-order valence-corrected chi connectivity index (χ1v) is 4.57. The first-order valence-electron chi connectivity index (χ1n) is 4.57. The van der Waals surface area contributed by atoms with Gasteiger partial charge in [-0.3, -0.25) is 0 Å². The molecule has 1 rings (SSSR count). The normalized spacial score (nSPS) is 13.9. The van der Waals surface area contributed by atoms with Crippen molar-refractivity contribution in [1.29, 1.82) is 0 Å². The Kier molecular flexibility index (Phi) is 3.88. The molecular weight excluding hydrogens is 226 g/mol. The molecule has 0 radical (unpaired) electrons. The first kappa shape index (κ1) is 12.9. The zero-order valence-electron chi connectivity index (χ0n) is 8.26. The quantitative estimate of drug-likeness (QED) is 0.788. The maximum Gasteiger partial charge on any atom is 0.419 e. The summed E-state index contributed by atoms with van der Waals surface area (Å²) in [6.07, 6.45) is -4.71. The van der Waals surface area contributed by atoms with Crippen LogP contribution in [0.15, 0.2) is 18.2 Å². The Hall–Kier alpha value is -1.14. The number of halogens is 4. The third-order valence-electron chi connectivity index (χ3n) is 2.27. The minimum Gasteiger partial charge on any atom is -0.396 e. The van der Waals surface area contributed by atoms with Gasteiger partial charge >= 0.3 is 6.18 Å². The van der Waals surface area contributed by atoms with Crippen molar-refractivity contribution in [2.75, 3.05) is 13.2 Å². The number of alkyl halides is 3. The average molecular weight is 237 g/mol. The maximum absolute atomic E-state index is 13.1. The van der Waals surface area contributed by atoms with E-state index in [1.54, 1.807) is 0 Å². The summed E-state index contributed by atoms with van der Waals surface area (Å²) >= 11 is 0. The fourth-order valence-corrected chi connectivity index (χ4v) is 1.33. The third kappa shape index (κ3) is 2.70. The lowest BCUT2D eigenvalue weighted by Crippen LogP contribution is -2.17. The lowest BCUT2D eigenvalue weighted by Gasteiger charge is -2.14. The van der Waals surface area contributed by atoms with Crippen LogP contribution in [0.4, 0.5) is 17.6 Å². The predicted molar refractivity (Wildman–Crippen MR) is 50.3 cm³/mol. The summed E-state index contributed by atoms with van der Waals surface area (Å²) in [5.74, 6) is -1.89. The molecule has 0 aliphatic rings. The zero-order valence-corrected chi connectivity index (χ0v) is 8.26. The van der Waals surface area contributed by atoms with E-state index in [4.69, 9.17) is 10.8 Å². The minimum atomic E-state index is -4.71. The lowest BCUT2D eigenvalue weighted by molar-refractivity contribution is -0.140. The fraction of sp³-hybridized carbons (Fsp3) is 0.400. The van der Waals surface area contributed by atoms with Gasteiger partial charge in [0.1, 0.15) is 5.82 Å². The van der Waals surface area contributed by atoms with Crippen LogP contribution in [0.5, 0.6) is 0 Å². The second kappa shape index (κ2) is 4.80. The molecule has 0 saturated heterocycles. The molecule has 1 atom stereocenters. The predicted octanol–water partition coefficient (Wildman–Crippen LogP) is 1.88. The van der Waals surface area contributed by atoms with Crippen LogP contribution < -0.4 is 5.73 Å². The van der Waals surface area contributed by atoms with Crippen molar-refractivity contribution in [3.8, 4) is 0 Å². The highest BCUT2D eigenvalue weighted by Gasteiger charge is 2.34. The van der Waals surface area contributed by atoms with Crippen molar-refractivity contribution in [1.82, 2.24) is 0 Å². The molecule has 16 heavy (non-hydrogen) atoms. The van der Waals surface area contributed by atoms with Crippen molar-refractivity contribution < 1.29 is 22.7 Å². The van der Waals surface area contributed by atoms with Crippen LogP contribution in [0, 0.1) is 5.82 Å². The molecule has 6 heteroatoms. The highest BCUT2D eigenvalue weighted by atomic mass is 19.4. The van der Waals surface area contributed by atoms with Gasteiger partial charge in [0.05, 0.1) is 12.2 Å². The van der Waals surface area contributed by atoms with E-state index in [9.17, 15) is 17.6 Å². The van der Waals surface area contributed by atoms with E-state index in [-0.39, 0.29) is 18.7 Å². The van der Waals surface area contributed by atoms with Gasteiger partial charge in [-0.25, -0.2) is 4.39 Å². The van der Waals surface area contributed by atoms with Crippen LogP contribution in [0.25, 0.3) is 0 Å². The molecule has 0 aliphatic heterocycles.